The fourth-order valence-electron chi connectivity index (χ4n) is 2.20. The number of amides is 1. The van der Waals surface area contributed by atoms with E-state index in [4.69, 9.17) is 4.74 Å². The van der Waals surface area contributed by atoms with Crippen molar-refractivity contribution in [1.29, 1.82) is 0 Å². The van der Waals surface area contributed by atoms with Crippen LogP contribution in [-0.4, -0.2) is 17.2 Å². The van der Waals surface area contributed by atoms with Crippen LogP contribution < -0.4 is 10.7 Å². The molecule has 1 amide bonds. The van der Waals surface area contributed by atoms with Crippen molar-refractivity contribution in [2.45, 2.75) is 44.9 Å². The van der Waals surface area contributed by atoms with Crippen LogP contribution in [0.2, 0.25) is 0 Å². The zero-order chi connectivity index (χ0) is 15.9. The van der Waals surface area contributed by atoms with Gasteiger partial charge in [-0.15, -0.1) is 0 Å². The molecule has 118 valence electrons. The third-order valence-electron chi connectivity index (χ3n) is 3.57. The molecule has 0 spiro atoms. The first-order valence-electron chi connectivity index (χ1n) is 7.53. The van der Waals surface area contributed by atoms with Gasteiger partial charge in [-0.2, -0.15) is 0 Å². The van der Waals surface area contributed by atoms with Crippen LogP contribution in [0, 0.1) is 0 Å². The maximum Gasteiger partial charge on any atom is 0.407 e. The SMILES string of the molecule is CCCC[C@H](NC(=O)OCc1ccccc1)C(O)c1cc1=O. The fraction of sp³-hybridized carbons (Fsp3) is 0.412. The first kappa shape index (κ1) is 16.2. The van der Waals surface area contributed by atoms with Crippen molar-refractivity contribution >= 4 is 6.09 Å². The number of ether oxygens (including phenoxy) is 1. The molecule has 1 unspecified atom stereocenters. The van der Waals surface area contributed by atoms with E-state index in [1.165, 1.54) is 6.07 Å². The predicted molar refractivity (Wildman–Crippen MR) is 83.1 cm³/mol. The van der Waals surface area contributed by atoms with Crippen molar-refractivity contribution < 1.29 is 14.6 Å². The molecule has 2 aromatic carbocycles. The number of aliphatic hydroxyl groups is 1. The van der Waals surface area contributed by atoms with Crippen LogP contribution in [-0.2, 0) is 11.3 Å². The van der Waals surface area contributed by atoms with E-state index in [0.717, 1.165) is 18.4 Å². The van der Waals surface area contributed by atoms with E-state index >= 15 is 0 Å². The second kappa shape index (κ2) is 7.75. The third kappa shape index (κ3) is 4.70. The minimum atomic E-state index is -0.955. The van der Waals surface area contributed by atoms with Crippen LogP contribution in [0.15, 0.2) is 41.2 Å². The van der Waals surface area contributed by atoms with Gasteiger partial charge in [0.25, 0.3) is 0 Å². The van der Waals surface area contributed by atoms with Crippen LogP contribution in [0.4, 0.5) is 4.79 Å². The highest BCUT2D eigenvalue weighted by Gasteiger charge is 2.28. The molecule has 5 heteroatoms. The van der Waals surface area contributed by atoms with E-state index in [2.05, 4.69) is 5.32 Å². The van der Waals surface area contributed by atoms with Crippen molar-refractivity contribution in [1.82, 2.24) is 5.32 Å². The Morgan fingerprint density at radius 2 is 2.00 bits per heavy atom. The molecule has 0 aliphatic heterocycles. The highest BCUT2D eigenvalue weighted by molar-refractivity contribution is 5.67. The number of benzene rings is 1. The summed E-state index contributed by atoms with van der Waals surface area (Å²) in [6, 6.07) is 10.3. The monoisotopic (exact) mass is 303 g/mol. The maximum atomic E-state index is 11.9. The van der Waals surface area contributed by atoms with Crippen molar-refractivity contribution in [3.8, 4) is 0 Å². The number of nitrogens with one attached hydrogen (secondary N) is 1. The second-order valence-corrected chi connectivity index (χ2v) is 5.36. The molecule has 0 saturated heterocycles. The molecule has 0 fully saturated rings. The summed E-state index contributed by atoms with van der Waals surface area (Å²) in [6.07, 6.45) is 0.850. The van der Waals surface area contributed by atoms with Gasteiger partial charge in [-0.05, 0) is 18.1 Å². The molecule has 2 aromatic rings. The number of carbonyl (C=O) groups is 1. The molecule has 5 nitrogen and oxygen atoms in total. The first-order chi connectivity index (χ1) is 10.6. The Hall–Kier alpha value is -2.14. The summed E-state index contributed by atoms with van der Waals surface area (Å²) in [5.41, 5.74) is 1.13. The van der Waals surface area contributed by atoms with E-state index in [1.807, 2.05) is 37.3 Å². The molecular formula is C17H21NO4. The van der Waals surface area contributed by atoms with Gasteiger partial charge in [-0.3, -0.25) is 4.79 Å². The lowest BCUT2D eigenvalue weighted by Crippen LogP contribution is -2.39. The molecule has 0 aromatic heterocycles. The highest BCUT2D eigenvalue weighted by atomic mass is 16.5. The standard InChI is InChI=1S/C17H21NO4/c1-2-3-9-14(16(20)13-10-15(13)19)18-17(21)22-11-12-7-5-4-6-8-12/h4-8,10,14,16,20H,2-3,9,11H2,1H3,(H,18,21)/t14-,16?/m0/s1. The average Bonchev–Trinajstić information content (AvgIpc) is 3.26. The Labute approximate surface area is 129 Å². The molecule has 2 atom stereocenters. The summed E-state index contributed by atoms with van der Waals surface area (Å²) >= 11 is 0. The zero-order valence-electron chi connectivity index (χ0n) is 12.6. The molecular weight excluding hydrogens is 282 g/mol. The molecule has 22 heavy (non-hydrogen) atoms. The molecule has 0 heterocycles. The molecule has 0 aliphatic rings. The van der Waals surface area contributed by atoms with E-state index in [1.54, 1.807) is 0 Å². The topological polar surface area (TPSA) is 75.6 Å². The summed E-state index contributed by atoms with van der Waals surface area (Å²) < 4.78 is 5.15. The third-order valence-corrected chi connectivity index (χ3v) is 3.57. The number of unbranched alkanes of at least 4 members (excludes halogenated alkanes) is 1. The zero-order valence-corrected chi connectivity index (χ0v) is 12.6. The fourth-order valence-corrected chi connectivity index (χ4v) is 2.20. The molecule has 0 bridgehead atoms. The Morgan fingerprint density at radius 3 is 2.59 bits per heavy atom. The lowest BCUT2D eigenvalue weighted by molar-refractivity contribution is 0.0993. The number of alkyl carbamates (subject to hydrolysis) is 1. The average molecular weight is 303 g/mol. The van der Waals surface area contributed by atoms with E-state index in [9.17, 15) is 14.7 Å². The number of hydrogen-bond donors (Lipinski definition) is 2. The second-order valence-electron chi connectivity index (χ2n) is 5.36. The van der Waals surface area contributed by atoms with Crippen LogP contribution in [0.1, 0.15) is 43.4 Å². The Kier molecular flexibility index (Phi) is 5.72. The van der Waals surface area contributed by atoms with Gasteiger partial charge in [-0.1, -0.05) is 50.1 Å². The van der Waals surface area contributed by atoms with Gasteiger partial charge < -0.3 is 15.2 Å². The lowest BCUT2D eigenvalue weighted by atomic mass is 10.0. The Balaban J connectivity index is 1.86. The van der Waals surface area contributed by atoms with Crippen molar-refractivity contribution in [3.05, 3.63) is 57.7 Å². The number of rotatable bonds is 8. The summed E-state index contributed by atoms with van der Waals surface area (Å²) in [6.45, 7) is 2.20. The van der Waals surface area contributed by atoms with Gasteiger partial charge in [0.2, 0.25) is 0 Å². The van der Waals surface area contributed by atoms with Gasteiger partial charge in [-0.25, -0.2) is 4.79 Å². The first-order valence-corrected chi connectivity index (χ1v) is 7.53. The molecule has 0 radical (unpaired) electrons. The van der Waals surface area contributed by atoms with E-state index in [-0.39, 0.29) is 12.0 Å². The quantitative estimate of drug-likeness (QED) is 0.785. The summed E-state index contributed by atoms with van der Waals surface area (Å²) in [5.74, 6) is 0. The van der Waals surface area contributed by atoms with Gasteiger partial charge in [0.15, 0.2) is 5.43 Å². The normalized spacial score (nSPS) is 13.7. The Morgan fingerprint density at radius 1 is 1.32 bits per heavy atom. The molecule has 0 aliphatic carbocycles. The summed E-state index contributed by atoms with van der Waals surface area (Å²) in [7, 11) is 0. The minimum Gasteiger partial charge on any atom is -0.445 e. The largest absolute Gasteiger partial charge is 0.445 e. The minimum absolute atomic E-state index is 0.145. The number of carbonyl (C=O) groups excluding carboxylic acids is 1. The molecule has 2 rings (SSSR count). The molecule has 2 N–H and O–H groups in total. The van der Waals surface area contributed by atoms with Gasteiger partial charge in [0.05, 0.1) is 6.04 Å². The van der Waals surface area contributed by atoms with Crippen LogP contribution in [0.5, 0.6) is 0 Å². The number of aliphatic hydroxyl groups excluding tert-OH is 1. The lowest BCUT2D eigenvalue weighted by Gasteiger charge is -2.21. The molecule has 0 saturated carbocycles. The predicted octanol–water partition coefficient (Wildman–Crippen LogP) is 2.44. The van der Waals surface area contributed by atoms with Crippen molar-refractivity contribution in [2.24, 2.45) is 0 Å². The van der Waals surface area contributed by atoms with Crippen LogP contribution >= 0.6 is 0 Å². The van der Waals surface area contributed by atoms with Crippen LogP contribution in [0.3, 0.4) is 0 Å². The smallest absolute Gasteiger partial charge is 0.407 e. The number of hydrogen-bond acceptors (Lipinski definition) is 4. The Bertz CT molecular complexity index is 601. The van der Waals surface area contributed by atoms with Crippen molar-refractivity contribution in [3.63, 3.8) is 0 Å². The van der Waals surface area contributed by atoms with Gasteiger partial charge >= 0.3 is 6.09 Å². The van der Waals surface area contributed by atoms with Gasteiger partial charge in [0, 0.05) is 5.56 Å². The van der Waals surface area contributed by atoms with Crippen molar-refractivity contribution in [2.75, 3.05) is 0 Å². The summed E-state index contributed by atoms with van der Waals surface area (Å²) in [5, 5.41) is 12.8. The highest BCUT2D eigenvalue weighted by Crippen LogP contribution is 2.20. The maximum absolute atomic E-state index is 11.9. The van der Waals surface area contributed by atoms with E-state index < -0.39 is 18.2 Å². The van der Waals surface area contributed by atoms with E-state index in [0.29, 0.717) is 12.0 Å². The van der Waals surface area contributed by atoms with Crippen LogP contribution in [0.25, 0.3) is 0 Å². The van der Waals surface area contributed by atoms with Gasteiger partial charge in [0.1, 0.15) is 12.7 Å². The summed E-state index contributed by atoms with van der Waals surface area (Å²) in [4.78, 5) is 23.0.